The molecule has 0 fully saturated rings. The summed E-state index contributed by atoms with van der Waals surface area (Å²) >= 11 is 0. The molecule has 2 N–H and O–H groups in total. The summed E-state index contributed by atoms with van der Waals surface area (Å²) in [5.74, 6) is -1.72. The highest BCUT2D eigenvalue weighted by atomic mass is 19.1. The topological polar surface area (TPSA) is 67.2 Å². The Balaban J connectivity index is 1.95. The molecule has 0 spiro atoms. The van der Waals surface area contributed by atoms with Gasteiger partial charge in [-0.3, -0.25) is 4.68 Å². The minimum Gasteiger partial charge on any atom is -0.478 e. The van der Waals surface area contributed by atoms with E-state index in [1.807, 2.05) is 12.3 Å². The van der Waals surface area contributed by atoms with Crippen molar-refractivity contribution in [2.24, 2.45) is 0 Å². The van der Waals surface area contributed by atoms with E-state index < -0.39 is 11.8 Å². The van der Waals surface area contributed by atoms with Gasteiger partial charge in [-0.1, -0.05) is 0 Å². The summed E-state index contributed by atoms with van der Waals surface area (Å²) in [4.78, 5) is 10.6. The van der Waals surface area contributed by atoms with Gasteiger partial charge < -0.3 is 10.4 Å². The van der Waals surface area contributed by atoms with E-state index in [-0.39, 0.29) is 11.3 Å². The van der Waals surface area contributed by atoms with Crippen molar-refractivity contribution in [3.05, 3.63) is 48.0 Å². The number of hydrogen-bond acceptors (Lipinski definition) is 3. The lowest BCUT2D eigenvalue weighted by Crippen LogP contribution is -2.12. The van der Waals surface area contributed by atoms with Gasteiger partial charge in [0.1, 0.15) is 5.82 Å². The van der Waals surface area contributed by atoms with Crippen LogP contribution in [0.25, 0.3) is 0 Å². The van der Waals surface area contributed by atoms with Crippen LogP contribution in [-0.4, -0.2) is 27.4 Å². The van der Waals surface area contributed by atoms with Crippen molar-refractivity contribution in [3.8, 4) is 0 Å². The zero-order chi connectivity index (χ0) is 13.0. The Labute approximate surface area is 103 Å². The minimum atomic E-state index is -1.14. The van der Waals surface area contributed by atoms with Gasteiger partial charge in [-0.05, 0) is 24.3 Å². The molecule has 0 bridgehead atoms. The summed E-state index contributed by atoms with van der Waals surface area (Å²) < 4.78 is 15.2. The van der Waals surface area contributed by atoms with Crippen molar-refractivity contribution < 1.29 is 14.3 Å². The smallest absolute Gasteiger partial charge is 0.335 e. The third-order valence-electron chi connectivity index (χ3n) is 2.43. The lowest BCUT2D eigenvalue weighted by atomic mass is 10.2. The molecule has 18 heavy (non-hydrogen) atoms. The molecule has 0 amide bonds. The van der Waals surface area contributed by atoms with Gasteiger partial charge in [-0.15, -0.1) is 0 Å². The Kier molecular flexibility index (Phi) is 3.57. The van der Waals surface area contributed by atoms with Crippen LogP contribution in [-0.2, 0) is 6.54 Å². The Morgan fingerprint density at radius 2 is 2.33 bits per heavy atom. The molecule has 0 aliphatic heterocycles. The number of carbonyl (C=O) groups is 1. The molecule has 0 atom stereocenters. The van der Waals surface area contributed by atoms with Gasteiger partial charge in [0.2, 0.25) is 0 Å². The Morgan fingerprint density at radius 1 is 1.50 bits per heavy atom. The maximum atomic E-state index is 13.5. The van der Waals surface area contributed by atoms with E-state index in [1.165, 1.54) is 12.1 Å². The summed E-state index contributed by atoms with van der Waals surface area (Å²) in [6.07, 6.45) is 3.48. The van der Waals surface area contributed by atoms with Gasteiger partial charge in [0.05, 0.1) is 17.8 Å². The average Bonchev–Trinajstić information content (AvgIpc) is 2.84. The first-order valence-corrected chi connectivity index (χ1v) is 5.41. The van der Waals surface area contributed by atoms with Crippen LogP contribution in [0.15, 0.2) is 36.7 Å². The molecule has 0 radical (unpaired) electrons. The zero-order valence-electron chi connectivity index (χ0n) is 9.51. The monoisotopic (exact) mass is 249 g/mol. The van der Waals surface area contributed by atoms with Crippen LogP contribution in [0.5, 0.6) is 0 Å². The highest BCUT2D eigenvalue weighted by Gasteiger charge is 2.07. The fourth-order valence-electron chi connectivity index (χ4n) is 1.53. The number of carboxylic acid groups (broad SMARTS) is 1. The Bertz CT molecular complexity index is 540. The molecule has 0 aliphatic rings. The number of halogens is 1. The van der Waals surface area contributed by atoms with E-state index in [2.05, 4.69) is 10.4 Å². The molecule has 2 aromatic rings. The van der Waals surface area contributed by atoms with Crippen LogP contribution in [0.1, 0.15) is 10.4 Å². The van der Waals surface area contributed by atoms with E-state index in [1.54, 1.807) is 10.9 Å². The predicted molar refractivity (Wildman–Crippen MR) is 64.1 cm³/mol. The van der Waals surface area contributed by atoms with Crippen LogP contribution in [0.4, 0.5) is 10.1 Å². The molecule has 0 saturated heterocycles. The molecule has 0 saturated carbocycles. The van der Waals surface area contributed by atoms with Gasteiger partial charge in [0, 0.05) is 18.9 Å². The van der Waals surface area contributed by atoms with Crippen molar-refractivity contribution in [1.29, 1.82) is 0 Å². The molecular weight excluding hydrogens is 237 g/mol. The molecule has 1 heterocycles. The number of aromatic carboxylic acids is 1. The first kappa shape index (κ1) is 12.1. The first-order valence-electron chi connectivity index (χ1n) is 5.41. The molecule has 1 aromatic heterocycles. The van der Waals surface area contributed by atoms with Crippen molar-refractivity contribution in [2.75, 3.05) is 11.9 Å². The molecule has 5 nitrogen and oxygen atoms in total. The van der Waals surface area contributed by atoms with Crippen molar-refractivity contribution in [2.45, 2.75) is 6.54 Å². The number of anilines is 1. The third kappa shape index (κ3) is 2.85. The quantitative estimate of drug-likeness (QED) is 0.848. The second kappa shape index (κ2) is 5.31. The molecule has 0 unspecified atom stereocenters. The first-order chi connectivity index (χ1) is 8.66. The van der Waals surface area contributed by atoms with E-state index >= 15 is 0 Å². The van der Waals surface area contributed by atoms with Gasteiger partial charge in [0.25, 0.3) is 0 Å². The fraction of sp³-hybridized carbons (Fsp3) is 0.167. The molecule has 2 rings (SSSR count). The molecule has 94 valence electrons. The molecule has 1 aromatic carbocycles. The molecular formula is C12H12FN3O2. The van der Waals surface area contributed by atoms with Gasteiger partial charge >= 0.3 is 5.97 Å². The fourth-order valence-corrected chi connectivity index (χ4v) is 1.53. The van der Waals surface area contributed by atoms with Crippen LogP contribution in [0, 0.1) is 5.82 Å². The number of hydrogen-bond donors (Lipinski definition) is 2. The second-order valence-corrected chi connectivity index (χ2v) is 3.70. The Morgan fingerprint density at radius 3 is 2.94 bits per heavy atom. The number of benzene rings is 1. The van der Waals surface area contributed by atoms with Crippen molar-refractivity contribution >= 4 is 11.7 Å². The SMILES string of the molecule is O=C(O)c1ccc(NCCn2cccn2)c(F)c1. The summed E-state index contributed by atoms with van der Waals surface area (Å²) in [7, 11) is 0. The van der Waals surface area contributed by atoms with Gasteiger partial charge in [-0.2, -0.15) is 5.10 Å². The lowest BCUT2D eigenvalue weighted by Gasteiger charge is -2.08. The van der Waals surface area contributed by atoms with Crippen LogP contribution >= 0.6 is 0 Å². The highest BCUT2D eigenvalue weighted by molar-refractivity contribution is 5.88. The number of carboxylic acids is 1. The highest BCUT2D eigenvalue weighted by Crippen LogP contribution is 2.15. The van der Waals surface area contributed by atoms with Gasteiger partial charge in [0.15, 0.2) is 0 Å². The largest absolute Gasteiger partial charge is 0.478 e. The number of aromatic nitrogens is 2. The van der Waals surface area contributed by atoms with E-state index in [0.29, 0.717) is 13.1 Å². The standard InChI is InChI=1S/C12H12FN3O2/c13-10-8-9(12(17)18)2-3-11(10)14-5-7-16-6-1-4-15-16/h1-4,6,8,14H,5,7H2,(H,17,18). The summed E-state index contributed by atoms with van der Waals surface area (Å²) in [6, 6.07) is 5.59. The normalized spacial score (nSPS) is 10.3. The maximum Gasteiger partial charge on any atom is 0.335 e. The van der Waals surface area contributed by atoms with Crippen LogP contribution < -0.4 is 5.32 Å². The van der Waals surface area contributed by atoms with Crippen LogP contribution in [0.3, 0.4) is 0 Å². The Hall–Kier alpha value is -2.37. The molecule has 0 aliphatic carbocycles. The second-order valence-electron chi connectivity index (χ2n) is 3.70. The summed E-state index contributed by atoms with van der Waals surface area (Å²) in [6.45, 7) is 1.11. The average molecular weight is 249 g/mol. The summed E-state index contributed by atoms with van der Waals surface area (Å²) in [5.41, 5.74) is 0.220. The maximum absolute atomic E-state index is 13.5. The third-order valence-corrected chi connectivity index (χ3v) is 2.43. The minimum absolute atomic E-state index is 0.0647. The van der Waals surface area contributed by atoms with E-state index in [0.717, 1.165) is 6.07 Å². The summed E-state index contributed by atoms with van der Waals surface area (Å²) in [5, 5.41) is 15.6. The van der Waals surface area contributed by atoms with Gasteiger partial charge in [-0.25, -0.2) is 9.18 Å². The number of nitrogens with one attached hydrogen (secondary N) is 1. The number of rotatable bonds is 5. The molecule has 6 heteroatoms. The van der Waals surface area contributed by atoms with E-state index in [4.69, 9.17) is 5.11 Å². The van der Waals surface area contributed by atoms with Crippen molar-refractivity contribution in [1.82, 2.24) is 9.78 Å². The van der Waals surface area contributed by atoms with Crippen molar-refractivity contribution in [3.63, 3.8) is 0 Å². The van der Waals surface area contributed by atoms with E-state index in [9.17, 15) is 9.18 Å². The zero-order valence-corrected chi connectivity index (χ0v) is 9.51. The predicted octanol–water partition coefficient (Wildman–Crippen LogP) is 1.83. The number of nitrogens with zero attached hydrogens (tertiary/aromatic N) is 2. The lowest BCUT2D eigenvalue weighted by molar-refractivity contribution is 0.0696. The van der Waals surface area contributed by atoms with Crippen LogP contribution in [0.2, 0.25) is 0 Å².